The molecule has 0 saturated heterocycles. The van der Waals surface area contributed by atoms with Crippen LogP contribution in [0.15, 0.2) is 0 Å². The maximum atomic E-state index is 12.3. The molecule has 0 saturated carbocycles. The number of hydrogen-bond donors (Lipinski definition) is 2. The van der Waals surface area contributed by atoms with Gasteiger partial charge in [0, 0.05) is 5.25 Å². The van der Waals surface area contributed by atoms with Crippen molar-refractivity contribution in [3.05, 3.63) is 0 Å². The predicted molar refractivity (Wildman–Crippen MR) is 154 cm³/mol. The Labute approximate surface area is 226 Å². The summed E-state index contributed by atoms with van der Waals surface area (Å²) in [5.74, 6) is -0.169. The Balaban J connectivity index is 4.60. The van der Waals surface area contributed by atoms with Gasteiger partial charge in [0.2, 0.25) is 0 Å². The number of carboxylic acids is 1. The van der Waals surface area contributed by atoms with Crippen molar-refractivity contribution in [2.24, 2.45) is 0 Å². The van der Waals surface area contributed by atoms with E-state index in [4.69, 9.17) is 9.26 Å². The lowest BCUT2D eigenvalue weighted by Crippen LogP contribution is -2.36. The molecule has 0 aromatic carbocycles. The van der Waals surface area contributed by atoms with Gasteiger partial charge in [0.05, 0.1) is 18.9 Å². The Hall–Kier alpha value is -0.0700. The summed E-state index contributed by atoms with van der Waals surface area (Å²) in [7, 11) is -4.00. The largest absolute Gasteiger partial charge is 0.479 e. The average Bonchev–Trinajstić information content (AvgIpc) is 2.84. The highest BCUT2D eigenvalue weighted by atomic mass is 32.2. The van der Waals surface area contributed by atoms with Gasteiger partial charge in [-0.1, -0.05) is 111 Å². The second-order valence-corrected chi connectivity index (χ2v) is 13.4. The molecule has 0 spiro atoms. The molecule has 0 heterocycles. The molecule has 4 unspecified atom stereocenters. The van der Waals surface area contributed by atoms with Gasteiger partial charge < -0.3 is 19.3 Å². The summed E-state index contributed by atoms with van der Waals surface area (Å²) in [5, 5.41) is 9.81. The fourth-order valence-electron chi connectivity index (χ4n) is 4.25. The van der Waals surface area contributed by atoms with E-state index in [0.717, 1.165) is 18.6 Å². The fraction of sp³-hybridized carbons (Fsp3) is 0.964. The topological polar surface area (TPSA) is 93.1 Å². The monoisotopic (exact) mass is 552 g/mol. The van der Waals surface area contributed by atoms with Crippen LogP contribution in [0.3, 0.4) is 0 Å². The van der Waals surface area contributed by atoms with E-state index in [1.165, 1.54) is 89.9 Å². The number of ether oxygens (including phenoxy) is 1. The zero-order valence-electron chi connectivity index (χ0n) is 23.8. The Kier molecular flexibility index (Phi) is 24.0. The molecule has 8 heteroatoms. The maximum absolute atomic E-state index is 12.3. The second kappa shape index (κ2) is 24.0. The van der Waals surface area contributed by atoms with E-state index in [-0.39, 0.29) is 18.0 Å². The Morgan fingerprint density at radius 2 is 1.31 bits per heavy atom. The molecule has 0 aliphatic carbocycles. The van der Waals surface area contributed by atoms with Gasteiger partial charge in [-0.25, -0.2) is 4.79 Å². The van der Waals surface area contributed by atoms with Crippen molar-refractivity contribution in [1.29, 1.82) is 0 Å². The van der Waals surface area contributed by atoms with E-state index in [1.807, 2.05) is 25.6 Å². The standard InChI is InChI=1S/C28H57O6PS/c1-5-8-10-12-13-14-15-16-18-20-23-36-27(21-19-17-11-9-6-2)25(4)34-26(28(29)30)24-35(31,32)33-22-7-3/h25-27H,5-24H2,1-4H3,(H,29,30)(H,31,32). The van der Waals surface area contributed by atoms with Crippen LogP contribution in [0.1, 0.15) is 137 Å². The number of aliphatic carboxylic acids is 1. The number of carboxylic acid groups (broad SMARTS) is 1. The molecular weight excluding hydrogens is 495 g/mol. The van der Waals surface area contributed by atoms with Crippen LogP contribution < -0.4 is 0 Å². The molecule has 0 aromatic heterocycles. The lowest BCUT2D eigenvalue weighted by Gasteiger charge is -2.27. The zero-order chi connectivity index (χ0) is 27.1. The molecule has 6 nitrogen and oxygen atoms in total. The van der Waals surface area contributed by atoms with Crippen LogP contribution in [0.4, 0.5) is 0 Å². The zero-order valence-corrected chi connectivity index (χ0v) is 25.5. The summed E-state index contributed by atoms with van der Waals surface area (Å²) in [4.78, 5) is 21.8. The van der Waals surface area contributed by atoms with Crippen molar-refractivity contribution in [3.8, 4) is 0 Å². The lowest BCUT2D eigenvalue weighted by molar-refractivity contribution is -0.152. The molecule has 36 heavy (non-hydrogen) atoms. The Morgan fingerprint density at radius 1 is 0.806 bits per heavy atom. The molecule has 2 N–H and O–H groups in total. The number of hydrogen-bond acceptors (Lipinski definition) is 5. The smallest absolute Gasteiger partial charge is 0.333 e. The third-order valence-electron chi connectivity index (χ3n) is 6.49. The molecule has 216 valence electrons. The number of carbonyl (C=O) groups is 1. The minimum Gasteiger partial charge on any atom is -0.479 e. The quantitative estimate of drug-likeness (QED) is 0.0776. The SMILES string of the molecule is CCCCCCCCCCCCSC(CCCCCCC)C(C)OC(CP(=O)(O)OCCC)C(=O)O. The molecule has 0 fully saturated rings. The molecule has 0 bridgehead atoms. The molecular formula is C28H57O6PS. The fourth-order valence-corrected chi connectivity index (χ4v) is 6.83. The van der Waals surface area contributed by atoms with E-state index >= 15 is 0 Å². The summed E-state index contributed by atoms with van der Waals surface area (Å²) >= 11 is 1.88. The highest BCUT2D eigenvalue weighted by molar-refractivity contribution is 7.99. The summed E-state index contributed by atoms with van der Waals surface area (Å²) in [6.45, 7) is 8.34. The minimum absolute atomic E-state index is 0.130. The molecule has 0 aromatic rings. The average molecular weight is 553 g/mol. The molecule has 0 aliphatic heterocycles. The Bertz CT molecular complexity index is 562. The van der Waals surface area contributed by atoms with E-state index in [0.29, 0.717) is 6.42 Å². The second-order valence-electron chi connectivity index (χ2n) is 10.1. The van der Waals surface area contributed by atoms with Crippen LogP contribution in [0, 0.1) is 0 Å². The van der Waals surface area contributed by atoms with Crippen molar-refractivity contribution < 1.29 is 28.6 Å². The number of thioether (sulfide) groups is 1. The summed E-state index contributed by atoms with van der Waals surface area (Å²) in [6, 6.07) is 0. The van der Waals surface area contributed by atoms with Gasteiger partial charge in [-0.15, -0.1) is 0 Å². The first kappa shape index (κ1) is 35.9. The van der Waals surface area contributed by atoms with Gasteiger partial charge >= 0.3 is 13.6 Å². The van der Waals surface area contributed by atoms with E-state index < -0.39 is 25.8 Å². The molecule has 0 radical (unpaired) electrons. The van der Waals surface area contributed by atoms with Crippen molar-refractivity contribution in [2.75, 3.05) is 18.5 Å². The highest BCUT2D eigenvalue weighted by Gasteiger charge is 2.33. The molecule has 4 atom stereocenters. The first-order valence-corrected chi connectivity index (χ1v) is 17.5. The summed E-state index contributed by atoms with van der Waals surface area (Å²) in [5.41, 5.74) is 0. The van der Waals surface area contributed by atoms with E-state index in [2.05, 4.69) is 13.8 Å². The van der Waals surface area contributed by atoms with Crippen molar-refractivity contribution >= 4 is 25.3 Å². The van der Waals surface area contributed by atoms with Gasteiger partial charge in [0.25, 0.3) is 0 Å². The van der Waals surface area contributed by atoms with Crippen LogP contribution in [-0.2, 0) is 18.6 Å². The minimum atomic E-state index is -4.00. The number of unbranched alkanes of at least 4 members (excludes halogenated alkanes) is 13. The van der Waals surface area contributed by atoms with Gasteiger partial charge in [-0.05, 0) is 31.9 Å². The lowest BCUT2D eigenvalue weighted by atomic mass is 10.1. The Morgan fingerprint density at radius 3 is 1.81 bits per heavy atom. The van der Waals surface area contributed by atoms with Crippen molar-refractivity contribution in [3.63, 3.8) is 0 Å². The van der Waals surface area contributed by atoms with Gasteiger partial charge in [0.15, 0.2) is 6.10 Å². The first-order valence-electron chi connectivity index (χ1n) is 14.7. The van der Waals surface area contributed by atoms with Crippen molar-refractivity contribution in [2.45, 2.75) is 154 Å². The summed E-state index contributed by atoms with van der Waals surface area (Å²) < 4.78 is 23.2. The molecule has 0 amide bonds. The third-order valence-corrected chi connectivity index (χ3v) is 9.44. The first-order chi connectivity index (χ1) is 17.3. The van der Waals surface area contributed by atoms with Gasteiger partial charge in [0.1, 0.15) is 0 Å². The summed E-state index contributed by atoms with van der Waals surface area (Å²) in [6.07, 6.45) is 18.5. The van der Waals surface area contributed by atoms with E-state index in [9.17, 15) is 19.4 Å². The number of rotatable bonds is 27. The van der Waals surface area contributed by atoms with Crippen LogP contribution >= 0.6 is 19.4 Å². The van der Waals surface area contributed by atoms with Crippen LogP contribution in [0.2, 0.25) is 0 Å². The van der Waals surface area contributed by atoms with Crippen molar-refractivity contribution in [1.82, 2.24) is 0 Å². The van der Waals surface area contributed by atoms with E-state index in [1.54, 1.807) is 0 Å². The molecule has 0 aliphatic rings. The predicted octanol–water partition coefficient (Wildman–Crippen LogP) is 8.84. The van der Waals surface area contributed by atoms with Crippen LogP contribution in [0.25, 0.3) is 0 Å². The molecule has 0 rings (SSSR count). The van der Waals surface area contributed by atoms with Crippen LogP contribution in [0.5, 0.6) is 0 Å². The third kappa shape index (κ3) is 20.9. The maximum Gasteiger partial charge on any atom is 0.333 e. The normalized spacial score (nSPS) is 15.9. The van der Waals surface area contributed by atoms with Gasteiger partial charge in [-0.3, -0.25) is 4.57 Å². The van der Waals surface area contributed by atoms with Crippen LogP contribution in [-0.4, -0.2) is 51.9 Å². The van der Waals surface area contributed by atoms with Gasteiger partial charge in [-0.2, -0.15) is 11.8 Å². The highest BCUT2D eigenvalue weighted by Crippen LogP contribution is 2.43.